The summed E-state index contributed by atoms with van der Waals surface area (Å²) in [7, 11) is -3.82. The summed E-state index contributed by atoms with van der Waals surface area (Å²) in [5, 5.41) is 2.90. The Morgan fingerprint density at radius 3 is 2.06 bits per heavy atom. The van der Waals surface area contributed by atoms with Gasteiger partial charge in [-0.1, -0.05) is 24.3 Å². The van der Waals surface area contributed by atoms with Gasteiger partial charge in [0.05, 0.1) is 11.3 Å². The summed E-state index contributed by atoms with van der Waals surface area (Å²) in [6.07, 6.45) is 3.76. The number of anilines is 2. The molecular weight excluding hydrogens is 453 g/mol. The predicted octanol–water partition coefficient (Wildman–Crippen LogP) is 4.45. The summed E-state index contributed by atoms with van der Waals surface area (Å²) in [4.78, 5) is 14.9. The highest BCUT2D eigenvalue weighted by Gasteiger charge is 2.14. The molecule has 1 aliphatic heterocycles. The van der Waals surface area contributed by atoms with Gasteiger partial charge in [0, 0.05) is 17.9 Å². The lowest BCUT2D eigenvalue weighted by molar-refractivity contribution is -0.115. The van der Waals surface area contributed by atoms with Gasteiger partial charge < -0.3 is 10.2 Å². The second-order valence-electron chi connectivity index (χ2n) is 8.48. The molecule has 1 aliphatic rings. The molecule has 0 saturated carbocycles. The monoisotopic (exact) mass is 481 g/mol. The minimum Gasteiger partial charge on any atom is -0.326 e. The van der Waals surface area contributed by atoms with Crippen LogP contribution in [-0.4, -0.2) is 38.9 Å². The molecule has 178 valence electrons. The fourth-order valence-corrected chi connectivity index (χ4v) is 5.02. The van der Waals surface area contributed by atoms with Gasteiger partial charge in [-0.2, -0.15) is 0 Å². The van der Waals surface area contributed by atoms with E-state index in [1.807, 2.05) is 24.3 Å². The van der Waals surface area contributed by atoms with Gasteiger partial charge in [0.2, 0.25) is 5.91 Å². The number of sulfonamides is 1. The molecule has 0 bridgehead atoms. The van der Waals surface area contributed by atoms with Crippen molar-refractivity contribution in [3.8, 4) is 0 Å². The number of nitrogens with one attached hydrogen (secondary N) is 2. The van der Waals surface area contributed by atoms with E-state index in [1.165, 1.54) is 43.6 Å². The first-order chi connectivity index (χ1) is 16.4. The average Bonchev–Trinajstić information content (AvgIpc) is 3.34. The van der Waals surface area contributed by atoms with Gasteiger partial charge in [0.15, 0.2) is 0 Å². The first-order valence-electron chi connectivity index (χ1n) is 11.4. The Labute approximate surface area is 199 Å². The van der Waals surface area contributed by atoms with Crippen molar-refractivity contribution in [3.05, 3.63) is 89.7 Å². The predicted molar refractivity (Wildman–Crippen MR) is 132 cm³/mol. The lowest BCUT2D eigenvalue weighted by atomic mass is 10.1. The Kier molecular flexibility index (Phi) is 7.59. The molecule has 4 rings (SSSR count). The molecule has 2 N–H and O–H groups in total. The van der Waals surface area contributed by atoms with E-state index in [-0.39, 0.29) is 17.2 Å². The Bertz CT molecular complexity index is 1210. The lowest BCUT2D eigenvalue weighted by Crippen LogP contribution is -2.21. The molecule has 8 heteroatoms. The minimum atomic E-state index is -3.82. The number of amides is 1. The zero-order chi connectivity index (χ0) is 24.0. The largest absolute Gasteiger partial charge is 0.326 e. The molecule has 1 fully saturated rings. The first-order valence-corrected chi connectivity index (χ1v) is 12.8. The third-order valence-corrected chi connectivity index (χ3v) is 7.25. The Hall–Kier alpha value is -3.23. The van der Waals surface area contributed by atoms with Gasteiger partial charge in [-0.05, 0) is 92.0 Å². The van der Waals surface area contributed by atoms with Crippen molar-refractivity contribution in [3.63, 3.8) is 0 Å². The van der Waals surface area contributed by atoms with Crippen LogP contribution in [0, 0.1) is 5.82 Å². The maximum atomic E-state index is 13.0. The maximum Gasteiger partial charge on any atom is 0.261 e. The molecule has 3 aromatic carbocycles. The van der Waals surface area contributed by atoms with Crippen LogP contribution in [0.3, 0.4) is 0 Å². The summed E-state index contributed by atoms with van der Waals surface area (Å²) >= 11 is 0. The number of carbonyl (C=O) groups is 1. The molecule has 0 spiro atoms. The minimum absolute atomic E-state index is 0.0283. The van der Waals surface area contributed by atoms with Crippen molar-refractivity contribution >= 4 is 27.3 Å². The van der Waals surface area contributed by atoms with Crippen molar-refractivity contribution in [1.82, 2.24) is 4.90 Å². The van der Waals surface area contributed by atoms with E-state index in [4.69, 9.17) is 0 Å². The topological polar surface area (TPSA) is 78.5 Å². The van der Waals surface area contributed by atoms with Crippen LogP contribution in [0.1, 0.15) is 24.0 Å². The Morgan fingerprint density at radius 1 is 0.824 bits per heavy atom. The molecular formula is C26H28FN3O3S. The molecule has 0 aromatic heterocycles. The van der Waals surface area contributed by atoms with E-state index in [1.54, 1.807) is 24.3 Å². The molecule has 1 heterocycles. The highest BCUT2D eigenvalue weighted by atomic mass is 32.2. The fourth-order valence-electron chi connectivity index (χ4n) is 3.96. The third kappa shape index (κ3) is 6.65. The number of halogens is 1. The van der Waals surface area contributed by atoms with Crippen LogP contribution in [0.4, 0.5) is 15.8 Å². The van der Waals surface area contributed by atoms with Gasteiger partial charge in [-0.25, -0.2) is 12.8 Å². The van der Waals surface area contributed by atoms with Crippen LogP contribution < -0.4 is 10.0 Å². The van der Waals surface area contributed by atoms with E-state index in [2.05, 4.69) is 14.9 Å². The van der Waals surface area contributed by atoms with E-state index in [0.29, 0.717) is 5.69 Å². The molecule has 0 radical (unpaired) electrons. The van der Waals surface area contributed by atoms with Crippen LogP contribution in [0.2, 0.25) is 0 Å². The number of rotatable bonds is 9. The lowest BCUT2D eigenvalue weighted by Gasteiger charge is -2.14. The zero-order valence-corrected chi connectivity index (χ0v) is 19.7. The number of hydrogen-bond donors (Lipinski definition) is 2. The van der Waals surface area contributed by atoms with Crippen molar-refractivity contribution in [2.24, 2.45) is 0 Å². The third-order valence-electron chi connectivity index (χ3n) is 5.85. The number of nitrogens with zero attached hydrogens (tertiary/aromatic N) is 1. The molecule has 0 aliphatic carbocycles. The molecule has 6 nitrogen and oxygen atoms in total. The van der Waals surface area contributed by atoms with Gasteiger partial charge >= 0.3 is 0 Å². The van der Waals surface area contributed by atoms with Crippen LogP contribution in [0.15, 0.2) is 77.7 Å². The standard InChI is InChI=1S/C26H28FN3O3S/c27-22-7-13-25(14-8-22)34(32,33)29-24-11-5-21(6-12-24)19-26(31)28-23-9-3-20(4-10-23)15-18-30-16-1-2-17-30/h3-14,29H,1-2,15-19H2,(H,28,31). The SMILES string of the molecule is O=C(Cc1ccc(NS(=O)(=O)c2ccc(F)cc2)cc1)Nc1ccc(CCN2CCCC2)cc1. The van der Waals surface area contributed by atoms with E-state index in [9.17, 15) is 17.6 Å². The molecule has 1 amide bonds. The van der Waals surface area contributed by atoms with Crippen molar-refractivity contribution in [1.29, 1.82) is 0 Å². The quantitative estimate of drug-likeness (QED) is 0.474. The first kappa shape index (κ1) is 23.9. The summed E-state index contributed by atoms with van der Waals surface area (Å²) in [6.45, 7) is 3.45. The van der Waals surface area contributed by atoms with Gasteiger partial charge in [-0.3, -0.25) is 9.52 Å². The summed E-state index contributed by atoms with van der Waals surface area (Å²) in [5.74, 6) is -0.653. The van der Waals surface area contributed by atoms with E-state index < -0.39 is 15.8 Å². The van der Waals surface area contributed by atoms with Gasteiger partial charge in [0.1, 0.15) is 5.82 Å². The van der Waals surface area contributed by atoms with Gasteiger partial charge in [0.25, 0.3) is 10.0 Å². The van der Waals surface area contributed by atoms with Crippen molar-refractivity contribution in [2.45, 2.75) is 30.6 Å². The molecule has 34 heavy (non-hydrogen) atoms. The maximum absolute atomic E-state index is 13.0. The highest BCUT2D eigenvalue weighted by Crippen LogP contribution is 2.18. The highest BCUT2D eigenvalue weighted by molar-refractivity contribution is 7.92. The van der Waals surface area contributed by atoms with Crippen molar-refractivity contribution < 1.29 is 17.6 Å². The molecule has 0 unspecified atom stereocenters. The molecule has 3 aromatic rings. The summed E-state index contributed by atoms with van der Waals surface area (Å²) in [6, 6.07) is 19.1. The van der Waals surface area contributed by atoms with Crippen LogP contribution in [0.5, 0.6) is 0 Å². The number of carbonyl (C=O) groups excluding carboxylic acids is 1. The van der Waals surface area contributed by atoms with E-state index in [0.717, 1.165) is 36.3 Å². The summed E-state index contributed by atoms with van der Waals surface area (Å²) < 4.78 is 40.3. The van der Waals surface area contributed by atoms with Gasteiger partial charge in [-0.15, -0.1) is 0 Å². The Balaban J connectivity index is 1.27. The van der Waals surface area contributed by atoms with Crippen molar-refractivity contribution in [2.75, 3.05) is 29.7 Å². The summed E-state index contributed by atoms with van der Waals surface area (Å²) in [5.41, 5.74) is 3.12. The smallest absolute Gasteiger partial charge is 0.261 e. The van der Waals surface area contributed by atoms with Crippen LogP contribution in [-0.2, 0) is 27.7 Å². The normalized spacial score (nSPS) is 14.1. The van der Waals surface area contributed by atoms with Crippen LogP contribution in [0.25, 0.3) is 0 Å². The molecule has 1 saturated heterocycles. The number of hydrogen-bond acceptors (Lipinski definition) is 4. The second-order valence-corrected chi connectivity index (χ2v) is 10.2. The Morgan fingerprint density at radius 2 is 1.41 bits per heavy atom. The number of benzene rings is 3. The van der Waals surface area contributed by atoms with E-state index >= 15 is 0 Å². The zero-order valence-electron chi connectivity index (χ0n) is 18.8. The molecule has 0 atom stereocenters. The second kappa shape index (κ2) is 10.8. The fraction of sp³-hybridized carbons (Fsp3) is 0.269. The number of likely N-dealkylation sites (tertiary alicyclic amines) is 1. The average molecular weight is 482 g/mol. The van der Waals surface area contributed by atoms with Crippen LogP contribution >= 0.6 is 0 Å².